The molecule has 1 aromatic rings. The first-order valence-electron chi connectivity index (χ1n) is 7.14. The number of hydrogen-bond acceptors (Lipinski definition) is 2. The number of hydrogen-bond donors (Lipinski definition) is 1. The minimum Gasteiger partial charge on any atom is -0.389 e. The third kappa shape index (κ3) is 3.26. The number of anilines is 1. The van der Waals surface area contributed by atoms with Crippen molar-refractivity contribution >= 4 is 34.5 Å². The molecule has 2 rings (SSSR count). The minimum atomic E-state index is 0.378. The molecule has 0 radical (unpaired) electrons. The summed E-state index contributed by atoms with van der Waals surface area (Å²) in [7, 11) is 0. The van der Waals surface area contributed by atoms with E-state index in [1.165, 1.54) is 12.8 Å². The van der Waals surface area contributed by atoms with Crippen molar-refractivity contribution in [1.29, 1.82) is 0 Å². The number of nitrogens with two attached hydrogens (primary N) is 1. The van der Waals surface area contributed by atoms with Crippen LogP contribution in [0.1, 0.15) is 39.2 Å². The lowest BCUT2D eigenvalue weighted by Gasteiger charge is -2.40. The Hall–Kier alpha value is -0.800. The fraction of sp³-hybridized carbons (Fsp3) is 0.562. The lowest BCUT2D eigenvalue weighted by molar-refractivity contribution is 0.199. The van der Waals surface area contributed by atoms with E-state index in [9.17, 15) is 0 Å². The molecule has 1 saturated heterocycles. The van der Waals surface area contributed by atoms with Crippen LogP contribution < -0.4 is 10.6 Å². The van der Waals surface area contributed by atoms with E-state index >= 15 is 0 Å². The van der Waals surface area contributed by atoms with Crippen molar-refractivity contribution in [2.45, 2.75) is 33.6 Å². The third-order valence-corrected chi connectivity index (χ3v) is 4.82. The maximum atomic E-state index is 6.25. The lowest BCUT2D eigenvalue weighted by Crippen LogP contribution is -2.38. The zero-order valence-electron chi connectivity index (χ0n) is 12.4. The second-order valence-corrected chi connectivity index (χ2v) is 7.47. The molecule has 1 aromatic carbocycles. The van der Waals surface area contributed by atoms with Crippen molar-refractivity contribution < 1.29 is 0 Å². The Kier molecular flexibility index (Phi) is 4.60. The summed E-state index contributed by atoms with van der Waals surface area (Å²) in [6.45, 7) is 9.06. The highest BCUT2D eigenvalue weighted by molar-refractivity contribution is 7.80. The first-order chi connectivity index (χ1) is 9.30. The van der Waals surface area contributed by atoms with Crippen LogP contribution in [-0.2, 0) is 0 Å². The van der Waals surface area contributed by atoms with Gasteiger partial charge in [-0.05, 0) is 36.3 Å². The SMILES string of the molecule is CC(C)(C)C1CCN(c2cccc(Cl)c2C(N)=S)CC1. The van der Waals surface area contributed by atoms with Gasteiger partial charge in [-0.2, -0.15) is 0 Å². The number of piperidine rings is 1. The molecule has 2 N–H and O–H groups in total. The van der Waals surface area contributed by atoms with Crippen molar-refractivity contribution in [3.05, 3.63) is 28.8 Å². The summed E-state index contributed by atoms with van der Waals surface area (Å²) in [6.07, 6.45) is 2.40. The van der Waals surface area contributed by atoms with Gasteiger partial charge in [0.2, 0.25) is 0 Å². The van der Waals surface area contributed by atoms with Gasteiger partial charge in [-0.15, -0.1) is 0 Å². The highest BCUT2D eigenvalue weighted by atomic mass is 35.5. The molecule has 1 heterocycles. The van der Waals surface area contributed by atoms with E-state index < -0.39 is 0 Å². The zero-order valence-corrected chi connectivity index (χ0v) is 14.0. The van der Waals surface area contributed by atoms with Gasteiger partial charge in [-0.1, -0.05) is 50.7 Å². The third-order valence-electron chi connectivity index (χ3n) is 4.30. The fourth-order valence-electron chi connectivity index (χ4n) is 3.01. The quantitative estimate of drug-likeness (QED) is 0.829. The van der Waals surface area contributed by atoms with E-state index in [4.69, 9.17) is 29.6 Å². The molecular weight excluding hydrogens is 288 g/mol. The Balaban J connectivity index is 2.19. The minimum absolute atomic E-state index is 0.378. The van der Waals surface area contributed by atoms with Gasteiger partial charge in [-0.3, -0.25) is 0 Å². The number of nitrogens with zero attached hydrogens (tertiary/aromatic N) is 1. The van der Waals surface area contributed by atoms with E-state index in [2.05, 4.69) is 31.7 Å². The number of benzene rings is 1. The lowest BCUT2D eigenvalue weighted by atomic mass is 9.75. The van der Waals surface area contributed by atoms with E-state index in [0.717, 1.165) is 30.3 Å². The molecular formula is C16H23ClN2S. The van der Waals surface area contributed by atoms with Crippen LogP contribution in [0.2, 0.25) is 5.02 Å². The molecule has 0 aromatic heterocycles. The normalized spacial score (nSPS) is 17.3. The Labute approximate surface area is 132 Å². The molecule has 0 amide bonds. The molecule has 0 atom stereocenters. The van der Waals surface area contributed by atoms with Gasteiger partial charge < -0.3 is 10.6 Å². The molecule has 0 unspecified atom stereocenters. The average molecular weight is 311 g/mol. The molecule has 0 spiro atoms. The summed E-state index contributed by atoms with van der Waals surface area (Å²) in [4.78, 5) is 2.74. The summed E-state index contributed by atoms with van der Waals surface area (Å²) >= 11 is 11.4. The summed E-state index contributed by atoms with van der Waals surface area (Å²) in [6, 6.07) is 5.88. The first kappa shape index (κ1) is 15.6. The molecule has 1 aliphatic heterocycles. The predicted octanol–water partition coefficient (Wildman–Crippen LogP) is 4.24. The van der Waals surface area contributed by atoms with Crippen LogP contribution in [0.3, 0.4) is 0 Å². The fourth-order valence-corrected chi connectivity index (χ4v) is 3.55. The second-order valence-electron chi connectivity index (χ2n) is 6.63. The smallest absolute Gasteiger partial charge is 0.107 e. The van der Waals surface area contributed by atoms with Crippen LogP contribution in [0.15, 0.2) is 18.2 Å². The van der Waals surface area contributed by atoms with Crippen LogP contribution in [-0.4, -0.2) is 18.1 Å². The predicted molar refractivity (Wildman–Crippen MR) is 91.7 cm³/mol. The number of thiocarbonyl (C=S) groups is 1. The number of rotatable bonds is 2. The molecule has 1 aliphatic rings. The maximum Gasteiger partial charge on any atom is 0.107 e. The first-order valence-corrected chi connectivity index (χ1v) is 7.92. The molecule has 0 aliphatic carbocycles. The van der Waals surface area contributed by atoms with E-state index in [1.54, 1.807) is 0 Å². The van der Waals surface area contributed by atoms with Crippen LogP contribution in [0, 0.1) is 11.3 Å². The number of halogens is 1. The van der Waals surface area contributed by atoms with Crippen LogP contribution >= 0.6 is 23.8 Å². The van der Waals surface area contributed by atoms with Crippen molar-refractivity contribution in [2.75, 3.05) is 18.0 Å². The van der Waals surface area contributed by atoms with Crippen molar-refractivity contribution in [3.8, 4) is 0 Å². The van der Waals surface area contributed by atoms with Gasteiger partial charge in [0.25, 0.3) is 0 Å². The highest BCUT2D eigenvalue weighted by Crippen LogP contribution is 2.37. The zero-order chi connectivity index (χ0) is 14.9. The Morgan fingerprint density at radius 3 is 2.40 bits per heavy atom. The summed E-state index contributed by atoms with van der Waals surface area (Å²) in [5.41, 5.74) is 8.12. The summed E-state index contributed by atoms with van der Waals surface area (Å²) in [5.74, 6) is 0.770. The van der Waals surface area contributed by atoms with Gasteiger partial charge in [-0.25, -0.2) is 0 Å². The van der Waals surface area contributed by atoms with Crippen LogP contribution in [0.25, 0.3) is 0 Å². The molecule has 0 bridgehead atoms. The Morgan fingerprint density at radius 1 is 1.30 bits per heavy atom. The Bertz CT molecular complexity index is 500. The molecule has 20 heavy (non-hydrogen) atoms. The van der Waals surface area contributed by atoms with E-state index in [-0.39, 0.29) is 0 Å². The summed E-state index contributed by atoms with van der Waals surface area (Å²) < 4.78 is 0. The highest BCUT2D eigenvalue weighted by Gasteiger charge is 2.29. The van der Waals surface area contributed by atoms with Gasteiger partial charge >= 0.3 is 0 Å². The topological polar surface area (TPSA) is 29.3 Å². The second kappa shape index (κ2) is 5.90. The molecule has 2 nitrogen and oxygen atoms in total. The van der Waals surface area contributed by atoms with Gasteiger partial charge in [0.15, 0.2) is 0 Å². The monoisotopic (exact) mass is 310 g/mol. The van der Waals surface area contributed by atoms with Gasteiger partial charge in [0.1, 0.15) is 4.99 Å². The average Bonchev–Trinajstić information content (AvgIpc) is 2.37. The van der Waals surface area contributed by atoms with E-state index in [1.807, 2.05) is 12.1 Å². The molecule has 1 fully saturated rings. The van der Waals surface area contributed by atoms with Gasteiger partial charge in [0.05, 0.1) is 10.6 Å². The largest absolute Gasteiger partial charge is 0.389 e. The van der Waals surface area contributed by atoms with Crippen LogP contribution in [0.4, 0.5) is 5.69 Å². The van der Waals surface area contributed by atoms with Crippen molar-refractivity contribution in [3.63, 3.8) is 0 Å². The maximum absolute atomic E-state index is 6.25. The molecule has 110 valence electrons. The van der Waals surface area contributed by atoms with Crippen molar-refractivity contribution in [2.24, 2.45) is 17.1 Å². The van der Waals surface area contributed by atoms with Crippen LogP contribution in [0.5, 0.6) is 0 Å². The standard InChI is InChI=1S/C16H23ClN2S/c1-16(2,3)11-7-9-19(10-8-11)13-6-4-5-12(17)14(13)15(18)20/h4-6,11H,7-10H2,1-3H3,(H2,18,20). The van der Waals surface area contributed by atoms with Crippen molar-refractivity contribution in [1.82, 2.24) is 0 Å². The summed E-state index contributed by atoms with van der Waals surface area (Å²) in [5, 5.41) is 0.646. The Morgan fingerprint density at radius 2 is 1.90 bits per heavy atom. The van der Waals surface area contributed by atoms with E-state index in [0.29, 0.717) is 15.4 Å². The molecule has 0 saturated carbocycles. The molecule has 4 heteroatoms. The van der Waals surface area contributed by atoms with Gasteiger partial charge in [0, 0.05) is 18.8 Å².